The zero-order valence-corrected chi connectivity index (χ0v) is 16.8. The number of ether oxygens (including phenoxy) is 1. The van der Waals surface area contributed by atoms with E-state index in [0.29, 0.717) is 25.6 Å². The average Bonchev–Trinajstić information content (AvgIpc) is 3.03. The first kappa shape index (κ1) is 20.2. The zero-order chi connectivity index (χ0) is 20.5. The maximum atomic E-state index is 12.2. The Morgan fingerprint density at radius 2 is 1.71 bits per heavy atom. The number of likely N-dealkylation sites (tertiary alicyclic amines) is 1. The monoisotopic (exact) mass is 387 g/mol. The van der Waals surface area contributed by atoms with Crippen LogP contribution in [-0.4, -0.2) is 48.0 Å². The minimum atomic E-state index is -0.482. The first-order chi connectivity index (χ1) is 13.1. The molecule has 28 heavy (non-hydrogen) atoms. The van der Waals surface area contributed by atoms with E-state index >= 15 is 0 Å². The molecule has 2 saturated heterocycles. The van der Waals surface area contributed by atoms with E-state index in [0.717, 1.165) is 18.5 Å². The molecule has 152 valence electrons. The summed E-state index contributed by atoms with van der Waals surface area (Å²) >= 11 is 0. The van der Waals surface area contributed by atoms with Crippen molar-refractivity contribution in [2.75, 3.05) is 24.5 Å². The molecule has 0 aromatic heterocycles. The molecule has 0 aliphatic carbocycles. The fourth-order valence-corrected chi connectivity index (χ4v) is 3.80. The standard InChI is InChI=1S/C21H29N3O4/c1-21(2,3)28-20(27)23-10-8-15(9-11-23)14-4-6-17(7-5-14)24-13-16(19(22)26)12-18(24)25/h4-7,15-16H,8-13H2,1-3H3,(H2,22,26). The van der Waals surface area contributed by atoms with Gasteiger partial charge in [0.1, 0.15) is 5.60 Å². The van der Waals surface area contributed by atoms with Gasteiger partial charge in [0.2, 0.25) is 11.8 Å². The maximum absolute atomic E-state index is 12.2. The van der Waals surface area contributed by atoms with E-state index in [2.05, 4.69) is 0 Å². The van der Waals surface area contributed by atoms with Gasteiger partial charge in [-0.1, -0.05) is 12.1 Å². The Kier molecular flexibility index (Phi) is 5.63. The molecular formula is C21H29N3O4. The third kappa shape index (κ3) is 4.64. The van der Waals surface area contributed by atoms with Crippen LogP contribution in [0, 0.1) is 5.92 Å². The molecule has 3 rings (SSSR count). The van der Waals surface area contributed by atoms with Gasteiger partial charge < -0.3 is 20.3 Å². The van der Waals surface area contributed by atoms with Crippen molar-refractivity contribution in [1.82, 2.24) is 4.90 Å². The smallest absolute Gasteiger partial charge is 0.410 e. The quantitative estimate of drug-likeness (QED) is 0.863. The van der Waals surface area contributed by atoms with E-state index in [4.69, 9.17) is 10.5 Å². The topological polar surface area (TPSA) is 92.9 Å². The van der Waals surface area contributed by atoms with Crippen molar-refractivity contribution in [3.63, 3.8) is 0 Å². The number of anilines is 1. The highest BCUT2D eigenvalue weighted by Crippen LogP contribution is 2.31. The van der Waals surface area contributed by atoms with Crippen LogP contribution in [0.1, 0.15) is 51.5 Å². The lowest BCUT2D eigenvalue weighted by molar-refractivity contribution is -0.123. The summed E-state index contributed by atoms with van der Waals surface area (Å²) in [6.45, 7) is 7.31. The van der Waals surface area contributed by atoms with Crippen LogP contribution in [0.25, 0.3) is 0 Å². The van der Waals surface area contributed by atoms with Crippen molar-refractivity contribution in [2.24, 2.45) is 11.7 Å². The molecule has 2 fully saturated rings. The van der Waals surface area contributed by atoms with E-state index in [-0.39, 0.29) is 18.4 Å². The molecule has 1 atom stereocenters. The van der Waals surface area contributed by atoms with Gasteiger partial charge in [-0.05, 0) is 57.2 Å². The lowest BCUT2D eigenvalue weighted by atomic mass is 9.89. The fraction of sp³-hybridized carbons (Fsp3) is 0.571. The summed E-state index contributed by atoms with van der Waals surface area (Å²) in [6.07, 6.45) is 1.69. The van der Waals surface area contributed by atoms with Crippen LogP contribution in [0.15, 0.2) is 24.3 Å². The van der Waals surface area contributed by atoms with E-state index in [1.54, 1.807) is 9.80 Å². The first-order valence-electron chi connectivity index (χ1n) is 9.81. The van der Waals surface area contributed by atoms with Crippen molar-refractivity contribution in [2.45, 2.75) is 51.6 Å². The summed E-state index contributed by atoms with van der Waals surface area (Å²) in [5.41, 5.74) is 6.85. The minimum Gasteiger partial charge on any atom is -0.444 e. The molecule has 0 saturated carbocycles. The average molecular weight is 387 g/mol. The summed E-state index contributed by atoms with van der Waals surface area (Å²) in [5, 5.41) is 0. The van der Waals surface area contributed by atoms with Gasteiger partial charge in [-0.15, -0.1) is 0 Å². The molecule has 2 heterocycles. The second-order valence-corrected chi connectivity index (χ2v) is 8.64. The molecule has 2 N–H and O–H groups in total. The van der Waals surface area contributed by atoms with E-state index < -0.39 is 17.4 Å². The molecule has 1 unspecified atom stereocenters. The van der Waals surface area contributed by atoms with Crippen LogP contribution in [0.5, 0.6) is 0 Å². The number of primary amides is 1. The van der Waals surface area contributed by atoms with Crippen LogP contribution in [-0.2, 0) is 14.3 Å². The Hall–Kier alpha value is -2.57. The molecule has 7 heteroatoms. The van der Waals surface area contributed by atoms with Crippen LogP contribution >= 0.6 is 0 Å². The van der Waals surface area contributed by atoms with Gasteiger partial charge in [-0.2, -0.15) is 0 Å². The number of benzene rings is 1. The van der Waals surface area contributed by atoms with Crippen LogP contribution < -0.4 is 10.6 Å². The highest BCUT2D eigenvalue weighted by molar-refractivity contribution is 6.00. The Morgan fingerprint density at radius 3 is 2.21 bits per heavy atom. The summed E-state index contributed by atoms with van der Waals surface area (Å²) in [5.74, 6) is -0.531. The minimum absolute atomic E-state index is 0.0674. The molecule has 3 amide bonds. The van der Waals surface area contributed by atoms with Gasteiger partial charge in [0.25, 0.3) is 0 Å². The summed E-state index contributed by atoms with van der Waals surface area (Å²) in [6, 6.07) is 7.93. The molecule has 1 aromatic rings. The van der Waals surface area contributed by atoms with Gasteiger partial charge in [0.15, 0.2) is 0 Å². The summed E-state index contributed by atoms with van der Waals surface area (Å²) < 4.78 is 5.44. The largest absolute Gasteiger partial charge is 0.444 e. The van der Waals surface area contributed by atoms with Crippen molar-refractivity contribution >= 4 is 23.6 Å². The number of carbonyl (C=O) groups is 3. The molecule has 2 aliphatic heterocycles. The SMILES string of the molecule is CC(C)(C)OC(=O)N1CCC(c2ccc(N3CC(C(N)=O)CC3=O)cc2)CC1. The van der Waals surface area contributed by atoms with Gasteiger partial charge in [0, 0.05) is 31.7 Å². The Morgan fingerprint density at radius 1 is 1.11 bits per heavy atom. The molecule has 0 radical (unpaired) electrons. The second-order valence-electron chi connectivity index (χ2n) is 8.64. The molecule has 0 bridgehead atoms. The molecule has 2 aliphatic rings. The fourth-order valence-electron chi connectivity index (χ4n) is 3.80. The van der Waals surface area contributed by atoms with Crippen LogP contribution in [0.4, 0.5) is 10.5 Å². The predicted octanol–water partition coefficient (Wildman–Crippen LogP) is 2.64. The lowest BCUT2D eigenvalue weighted by Crippen LogP contribution is -2.41. The van der Waals surface area contributed by atoms with Gasteiger partial charge in [-0.25, -0.2) is 4.79 Å². The van der Waals surface area contributed by atoms with E-state index in [9.17, 15) is 14.4 Å². The normalized spacial score (nSPS) is 21.1. The number of amides is 3. The van der Waals surface area contributed by atoms with Gasteiger partial charge >= 0.3 is 6.09 Å². The van der Waals surface area contributed by atoms with Gasteiger partial charge in [0.05, 0.1) is 5.92 Å². The highest BCUT2D eigenvalue weighted by Gasteiger charge is 2.34. The third-order valence-corrected chi connectivity index (χ3v) is 5.35. The zero-order valence-electron chi connectivity index (χ0n) is 16.8. The Bertz CT molecular complexity index is 746. The molecule has 1 aromatic carbocycles. The highest BCUT2D eigenvalue weighted by atomic mass is 16.6. The second kappa shape index (κ2) is 7.81. The third-order valence-electron chi connectivity index (χ3n) is 5.35. The number of piperidine rings is 1. The number of carbonyl (C=O) groups excluding carboxylic acids is 3. The Labute approximate surface area is 165 Å². The van der Waals surface area contributed by atoms with Crippen molar-refractivity contribution in [3.05, 3.63) is 29.8 Å². The van der Waals surface area contributed by atoms with Crippen LogP contribution in [0.3, 0.4) is 0 Å². The van der Waals surface area contributed by atoms with E-state index in [1.165, 1.54) is 5.56 Å². The maximum Gasteiger partial charge on any atom is 0.410 e. The number of hydrogen-bond donors (Lipinski definition) is 1. The Balaban J connectivity index is 1.57. The number of hydrogen-bond acceptors (Lipinski definition) is 4. The number of rotatable bonds is 3. The van der Waals surface area contributed by atoms with E-state index in [1.807, 2.05) is 45.0 Å². The van der Waals surface area contributed by atoms with Crippen LogP contribution in [0.2, 0.25) is 0 Å². The lowest BCUT2D eigenvalue weighted by Gasteiger charge is -2.33. The predicted molar refractivity (Wildman–Crippen MR) is 106 cm³/mol. The molecule has 7 nitrogen and oxygen atoms in total. The van der Waals surface area contributed by atoms with Gasteiger partial charge in [-0.3, -0.25) is 9.59 Å². The number of nitrogens with two attached hydrogens (primary N) is 1. The molecular weight excluding hydrogens is 358 g/mol. The summed E-state index contributed by atoms with van der Waals surface area (Å²) in [7, 11) is 0. The van der Waals surface area contributed by atoms with Crippen molar-refractivity contribution < 1.29 is 19.1 Å². The summed E-state index contributed by atoms with van der Waals surface area (Å²) in [4.78, 5) is 39.1. The first-order valence-corrected chi connectivity index (χ1v) is 9.81. The number of nitrogens with zero attached hydrogens (tertiary/aromatic N) is 2. The van der Waals surface area contributed by atoms with Crippen molar-refractivity contribution in [1.29, 1.82) is 0 Å². The molecule has 0 spiro atoms. The van der Waals surface area contributed by atoms with Crippen molar-refractivity contribution in [3.8, 4) is 0 Å².